The van der Waals surface area contributed by atoms with Crippen molar-refractivity contribution in [2.24, 2.45) is 5.41 Å². The van der Waals surface area contributed by atoms with Crippen molar-refractivity contribution in [2.45, 2.75) is 91.5 Å². The number of likely N-dealkylation sites (tertiary alicyclic amines) is 2. The lowest BCUT2D eigenvalue weighted by Gasteiger charge is -2.36. The number of carboxylic acids is 1. The average molecular weight is 472 g/mol. The molecule has 0 saturated carbocycles. The van der Waals surface area contributed by atoms with E-state index >= 15 is 0 Å². The Labute approximate surface area is 198 Å². The maximum atomic E-state index is 13.2. The summed E-state index contributed by atoms with van der Waals surface area (Å²) in [4.78, 5) is 49.2. The van der Waals surface area contributed by atoms with Crippen LogP contribution in [0.15, 0.2) is 0 Å². The fraction of sp³-hybridized carbons (Fsp3) is 0.826. The quantitative estimate of drug-likeness (QED) is 0.419. The highest BCUT2D eigenvalue weighted by Gasteiger charge is 2.47. The molecule has 2 rings (SSSR count). The number of aliphatic carboxylic acids is 1. The van der Waals surface area contributed by atoms with Gasteiger partial charge in [0, 0.05) is 26.1 Å². The van der Waals surface area contributed by atoms with Gasteiger partial charge in [-0.3, -0.25) is 19.2 Å². The van der Waals surface area contributed by atoms with E-state index in [1.807, 2.05) is 32.7 Å². The van der Waals surface area contributed by atoms with Crippen LogP contribution in [-0.4, -0.2) is 96.5 Å². The Kier molecular flexibility index (Phi) is 13.2. The Balaban J connectivity index is 0.000000968. The topological polar surface area (TPSA) is 131 Å². The summed E-state index contributed by atoms with van der Waals surface area (Å²) >= 11 is 0. The molecule has 0 bridgehead atoms. The number of rotatable bonds is 6. The first-order valence-electron chi connectivity index (χ1n) is 11.6. The number of fused-ring (bicyclic) bond motifs is 1. The van der Waals surface area contributed by atoms with Crippen molar-refractivity contribution >= 4 is 24.2 Å². The second kappa shape index (κ2) is 14.1. The first kappa shape index (κ1) is 30.8. The van der Waals surface area contributed by atoms with Crippen molar-refractivity contribution in [3.8, 4) is 0 Å². The number of amides is 3. The molecule has 3 amide bonds. The predicted octanol–water partition coefficient (Wildman–Crippen LogP) is 0.662. The number of hydrogen-bond acceptors (Lipinski definition) is 6. The second-order valence-electron chi connectivity index (χ2n) is 9.87. The predicted molar refractivity (Wildman–Crippen MR) is 129 cm³/mol. The molecule has 2 heterocycles. The van der Waals surface area contributed by atoms with E-state index < -0.39 is 12.0 Å². The minimum atomic E-state index is -0.833. The standard InChI is InChI=1S/C17H30N4O3.C4H11N.C2H4O2/c1-11(18-5)15(23)19-14(17(2,3)4)16(24)21-9-7-12-13(21)6-8-20(12)10-22;1-4(2)5-3;1-2(3)4/h10-14,18H,6-9H2,1-5H3,(H,19,23);4-5H,1-3H3;1H3,(H,3,4)/t11-,12?,13?,14?;;/m0../s1. The normalized spacial score (nSPS) is 21.2. The van der Waals surface area contributed by atoms with Crippen LogP contribution in [0.4, 0.5) is 0 Å². The van der Waals surface area contributed by atoms with Crippen LogP contribution in [0.25, 0.3) is 0 Å². The van der Waals surface area contributed by atoms with E-state index in [1.165, 1.54) is 0 Å². The minimum absolute atomic E-state index is 0.0422. The number of carboxylic acid groups (broad SMARTS) is 1. The van der Waals surface area contributed by atoms with Gasteiger partial charge in [0.2, 0.25) is 18.2 Å². The van der Waals surface area contributed by atoms with E-state index in [-0.39, 0.29) is 35.4 Å². The molecule has 2 aliphatic rings. The molecular weight excluding hydrogens is 426 g/mol. The zero-order valence-electron chi connectivity index (χ0n) is 21.8. The van der Waals surface area contributed by atoms with Crippen LogP contribution < -0.4 is 16.0 Å². The third-order valence-corrected chi connectivity index (χ3v) is 5.84. The molecule has 2 saturated heterocycles. The first-order valence-corrected chi connectivity index (χ1v) is 11.6. The van der Waals surface area contributed by atoms with Gasteiger partial charge in [-0.2, -0.15) is 0 Å². The van der Waals surface area contributed by atoms with Crippen molar-refractivity contribution in [1.29, 1.82) is 0 Å². The zero-order chi connectivity index (χ0) is 25.9. The molecule has 2 fully saturated rings. The summed E-state index contributed by atoms with van der Waals surface area (Å²) < 4.78 is 0. The van der Waals surface area contributed by atoms with Gasteiger partial charge in [-0.15, -0.1) is 0 Å². The lowest BCUT2D eigenvalue weighted by molar-refractivity contribution is -0.140. The van der Waals surface area contributed by atoms with E-state index in [4.69, 9.17) is 9.90 Å². The SMILES string of the molecule is CC(=O)O.CNC(C)C.CN[C@@H](C)C(=O)NC(C(=O)N1CCC2C1CCN2C=O)C(C)(C)C. The van der Waals surface area contributed by atoms with Crippen LogP contribution >= 0.6 is 0 Å². The fourth-order valence-corrected chi connectivity index (χ4v) is 3.64. The third-order valence-electron chi connectivity index (χ3n) is 5.84. The van der Waals surface area contributed by atoms with E-state index in [1.54, 1.807) is 18.9 Å². The number of nitrogens with one attached hydrogen (secondary N) is 3. The maximum absolute atomic E-state index is 13.2. The highest BCUT2D eigenvalue weighted by molar-refractivity contribution is 5.90. The van der Waals surface area contributed by atoms with Crippen LogP contribution in [0.2, 0.25) is 0 Å². The number of likely N-dealkylation sites (N-methyl/N-ethyl adjacent to an activating group) is 1. The lowest BCUT2D eigenvalue weighted by Crippen LogP contribution is -2.58. The van der Waals surface area contributed by atoms with Crippen LogP contribution in [0.3, 0.4) is 0 Å². The number of carbonyl (C=O) groups is 4. The number of carbonyl (C=O) groups excluding carboxylic acids is 3. The Bertz CT molecular complexity index is 646. The Morgan fingerprint density at radius 3 is 1.88 bits per heavy atom. The second-order valence-corrected chi connectivity index (χ2v) is 9.87. The summed E-state index contributed by atoms with van der Waals surface area (Å²) in [7, 11) is 3.67. The molecule has 192 valence electrons. The summed E-state index contributed by atoms with van der Waals surface area (Å²) in [6.45, 7) is 14.3. The van der Waals surface area contributed by atoms with E-state index in [0.717, 1.165) is 26.2 Å². The van der Waals surface area contributed by atoms with Crippen molar-refractivity contribution in [2.75, 3.05) is 27.2 Å². The van der Waals surface area contributed by atoms with Crippen LogP contribution in [0.5, 0.6) is 0 Å². The van der Waals surface area contributed by atoms with Crippen LogP contribution in [0.1, 0.15) is 61.3 Å². The minimum Gasteiger partial charge on any atom is -0.481 e. The molecule has 4 atom stereocenters. The molecule has 2 aliphatic heterocycles. The molecule has 4 N–H and O–H groups in total. The molecule has 0 radical (unpaired) electrons. The van der Waals surface area contributed by atoms with Crippen molar-refractivity contribution in [3.05, 3.63) is 0 Å². The molecule has 0 aromatic heterocycles. The molecular formula is C23H45N5O5. The van der Waals surface area contributed by atoms with Gasteiger partial charge in [-0.05, 0) is 39.3 Å². The lowest BCUT2D eigenvalue weighted by atomic mass is 9.85. The molecule has 0 aromatic carbocycles. The Morgan fingerprint density at radius 2 is 1.48 bits per heavy atom. The van der Waals surface area contributed by atoms with Crippen molar-refractivity contribution in [3.63, 3.8) is 0 Å². The van der Waals surface area contributed by atoms with Crippen LogP contribution in [0, 0.1) is 5.41 Å². The molecule has 33 heavy (non-hydrogen) atoms. The zero-order valence-corrected chi connectivity index (χ0v) is 21.8. The smallest absolute Gasteiger partial charge is 0.300 e. The van der Waals surface area contributed by atoms with Crippen molar-refractivity contribution in [1.82, 2.24) is 25.8 Å². The van der Waals surface area contributed by atoms with Gasteiger partial charge in [0.05, 0.1) is 18.1 Å². The highest BCUT2D eigenvalue weighted by Crippen LogP contribution is 2.33. The summed E-state index contributed by atoms with van der Waals surface area (Å²) in [6, 6.07) is -0.101. The van der Waals surface area contributed by atoms with Crippen molar-refractivity contribution < 1.29 is 24.3 Å². The number of nitrogens with zero attached hydrogens (tertiary/aromatic N) is 2. The molecule has 0 aliphatic carbocycles. The summed E-state index contributed by atoms with van der Waals surface area (Å²) in [5.41, 5.74) is -0.388. The van der Waals surface area contributed by atoms with Gasteiger partial charge < -0.3 is 30.9 Å². The van der Waals surface area contributed by atoms with E-state index in [9.17, 15) is 14.4 Å². The third kappa shape index (κ3) is 10.1. The molecule has 10 heteroatoms. The van der Waals surface area contributed by atoms with Gasteiger partial charge in [-0.1, -0.05) is 34.6 Å². The van der Waals surface area contributed by atoms with E-state index in [0.29, 0.717) is 19.1 Å². The van der Waals surface area contributed by atoms with Gasteiger partial charge in [-0.25, -0.2) is 0 Å². The molecule has 10 nitrogen and oxygen atoms in total. The average Bonchev–Trinajstić information content (AvgIpc) is 3.31. The monoisotopic (exact) mass is 471 g/mol. The molecule has 0 spiro atoms. The Hall–Kier alpha value is -2.20. The van der Waals surface area contributed by atoms with E-state index in [2.05, 4.69) is 29.8 Å². The maximum Gasteiger partial charge on any atom is 0.300 e. The molecule has 3 unspecified atom stereocenters. The van der Waals surface area contributed by atoms with Crippen LogP contribution in [-0.2, 0) is 19.2 Å². The highest BCUT2D eigenvalue weighted by atomic mass is 16.4. The largest absolute Gasteiger partial charge is 0.481 e. The van der Waals surface area contributed by atoms with Gasteiger partial charge in [0.25, 0.3) is 5.97 Å². The fourth-order valence-electron chi connectivity index (χ4n) is 3.64. The van der Waals surface area contributed by atoms with Gasteiger partial charge in [0.1, 0.15) is 6.04 Å². The molecule has 0 aromatic rings. The van der Waals surface area contributed by atoms with Gasteiger partial charge >= 0.3 is 0 Å². The summed E-state index contributed by atoms with van der Waals surface area (Å²) in [6.07, 6.45) is 2.51. The Morgan fingerprint density at radius 1 is 1.00 bits per heavy atom. The first-order chi connectivity index (χ1) is 15.2. The number of hydrogen-bond donors (Lipinski definition) is 4. The van der Waals surface area contributed by atoms with Gasteiger partial charge in [0.15, 0.2) is 0 Å². The summed E-state index contributed by atoms with van der Waals surface area (Å²) in [5, 5.41) is 16.3. The summed E-state index contributed by atoms with van der Waals surface area (Å²) in [5.74, 6) is -1.05.